The summed E-state index contributed by atoms with van der Waals surface area (Å²) in [7, 11) is 1.68. The number of halogens is 2. The summed E-state index contributed by atoms with van der Waals surface area (Å²) in [5, 5.41) is 15.8. The van der Waals surface area contributed by atoms with Crippen molar-refractivity contribution in [2.75, 3.05) is 26.9 Å². The van der Waals surface area contributed by atoms with E-state index in [1.165, 1.54) is 12.1 Å². The van der Waals surface area contributed by atoms with E-state index in [9.17, 15) is 9.50 Å². The molecule has 0 aliphatic carbocycles. The molecule has 30 heavy (non-hydrogen) atoms. The second-order valence-corrected chi connectivity index (χ2v) is 6.64. The molecule has 2 aromatic rings. The molecule has 8 heteroatoms. The van der Waals surface area contributed by atoms with Crippen molar-refractivity contribution in [1.82, 2.24) is 10.6 Å². The van der Waals surface area contributed by atoms with Crippen molar-refractivity contribution < 1.29 is 19.0 Å². The molecule has 0 fully saturated rings. The number of rotatable bonds is 10. The van der Waals surface area contributed by atoms with Gasteiger partial charge in [0.1, 0.15) is 5.75 Å². The molecular formula is C22H31FIN3O3. The van der Waals surface area contributed by atoms with Gasteiger partial charge in [0.25, 0.3) is 0 Å². The normalized spacial score (nSPS) is 11.0. The Morgan fingerprint density at radius 1 is 1.13 bits per heavy atom. The summed E-state index contributed by atoms with van der Waals surface area (Å²) in [5.41, 5.74) is 2.83. The Bertz CT molecular complexity index is 818. The zero-order valence-electron chi connectivity index (χ0n) is 17.7. The lowest BCUT2D eigenvalue weighted by Gasteiger charge is -2.15. The average molecular weight is 531 g/mol. The second-order valence-electron chi connectivity index (χ2n) is 6.64. The maximum Gasteiger partial charge on any atom is 0.191 e. The summed E-state index contributed by atoms with van der Waals surface area (Å²) < 4.78 is 24.5. The van der Waals surface area contributed by atoms with Crippen LogP contribution in [0.25, 0.3) is 0 Å². The minimum absolute atomic E-state index is 0. The van der Waals surface area contributed by atoms with Crippen molar-refractivity contribution in [3.63, 3.8) is 0 Å². The van der Waals surface area contributed by atoms with Crippen LogP contribution < -0.4 is 15.4 Å². The van der Waals surface area contributed by atoms with E-state index < -0.39 is 5.82 Å². The molecule has 0 unspecified atom stereocenters. The number of aryl methyl sites for hydroxylation is 1. The number of phenols is 1. The van der Waals surface area contributed by atoms with Gasteiger partial charge in [0.2, 0.25) is 0 Å². The fourth-order valence-electron chi connectivity index (χ4n) is 2.67. The molecule has 0 aromatic heterocycles. The molecule has 0 saturated heterocycles. The molecular weight excluding hydrogens is 500 g/mol. The highest BCUT2D eigenvalue weighted by molar-refractivity contribution is 14.0. The average Bonchev–Trinajstić information content (AvgIpc) is 2.71. The lowest BCUT2D eigenvalue weighted by atomic mass is 10.1. The maximum absolute atomic E-state index is 13.5. The summed E-state index contributed by atoms with van der Waals surface area (Å²) in [6.45, 7) is 6.79. The van der Waals surface area contributed by atoms with E-state index in [1.54, 1.807) is 13.2 Å². The highest BCUT2D eigenvalue weighted by atomic mass is 127. The van der Waals surface area contributed by atoms with E-state index in [0.717, 1.165) is 23.3 Å². The number of aliphatic imine (C=N–C) groups is 1. The summed E-state index contributed by atoms with van der Waals surface area (Å²) in [5.74, 6) is 0.447. The van der Waals surface area contributed by atoms with Gasteiger partial charge in [-0.05, 0) is 43.2 Å². The summed E-state index contributed by atoms with van der Waals surface area (Å²) in [4.78, 5) is 4.49. The van der Waals surface area contributed by atoms with Gasteiger partial charge in [0.15, 0.2) is 17.5 Å². The molecule has 0 aliphatic rings. The first kappa shape index (κ1) is 26.0. The molecule has 2 aromatic carbocycles. The number of nitrogens with one attached hydrogen (secondary N) is 2. The third-order valence-corrected chi connectivity index (χ3v) is 4.20. The number of ether oxygens (including phenoxy) is 2. The largest absolute Gasteiger partial charge is 0.505 e. The Kier molecular flexibility index (Phi) is 12.1. The molecule has 2 rings (SSSR count). The van der Waals surface area contributed by atoms with Crippen LogP contribution in [0.2, 0.25) is 0 Å². The van der Waals surface area contributed by atoms with Crippen molar-refractivity contribution in [3.8, 4) is 11.5 Å². The van der Waals surface area contributed by atoms with Gasteiger partial charge in [-0.25, -0.2) is 9.38 Å². The standard InChI is InChI=1S/C22H30FN3O3.HI/c1-4-24-22(25-14-17-7-9-20(27)19(23)13-17)26-15-18-8-6-16(2)12-21(18)29-11-5-10-28-3;/h6-9,12-13,27H,4-5,10-11,14-15H2,1-3H3,(H2,24,25,26);1H. The topological polar surface area (TPSA) is 75.1 Å². The van der Waals surface area contributed by atoms with E-state index in [4.69, 9.17) is 9.47 Å². The van der Waals surface area contributed by atoms with E-state index in [-0.39, 0.29) is 29.7 Å². The van der Waals surface area contributed by atoms with Gasteiger partial charge < -0.3 is 25.2 Å². The van der Waals surface area contributed by atoms with Gasteiger partial charge in [0.05, 0.1) is 13.2 Å². The van der Waals surface area contributed by atoms with Gasteiger partial charge in [0, 0.05) is 38.8 Å². The Labute approximate surface area is 194 Å². The Morgan fingerprint density at radius 3 is 2.63 bits per heavy atom. The van der Waals surface area contributed by atoms with Gasteiger partial charge in [-0.2, -0.15) is 0 Å². The van der Waals surface area contributed by atoms with Crippen LogP contribution in [0.15, 0.2) is 41.4 Å². The molecule has 0 atom stereocenters. The Hall–Kier alpha value is -2.07. The van der Waals surface area contributed by atoms with E-state index in [0.29, 0.717) is 44.4 Å². The minimum atomic E-state index is -0.648. The van der Waals surface area contributed by atoms with Crippen LogP contribution in [-0.2, 0) is 17.8 Å². The molecule has 0 radical (unpaired) electrons. The van der Waals surface area contributed by atoms with Crippen LogP contribution in [0.5, 0.6) is 11.5 Å². The quantitative estimate of drug-likeness (QED) is 0.186. The second kappa shape index (κ2) is 14.0. The molecule has 166 valence electrons. The van der Waals surface area contributed by atoms with Crippen molar-refractivity contribution in [3.05, 3.63) is 58.9 Å². The van der Waals surface area contributed by atoms with Gasteiger partial charge in [-0.15, -0.1) is 24.0 Å². The fraction of sp³-hybridized carbons (Fsp3) is 0.409. The molecule has 6 nitrogen and oxygen atoms in total. The molecule has 0 heterocycles. The highest BCUT2D eigenvalue weighted by Gasteiger charge is 2.07. The van der Waals surface area contributed by atoms with E-state index in [1.807, 2.05) is 32.0 Å². The van der Waals surface area contributed by atoms with Gasteiger partial charge >= 0.3 is 0 Å². The van der Waals surface area contributed by atoms with Gasteiger partial charge in [-0.1, -0.05) is 18.2 Å². The van der Waals surface area contributed by atoms with Crippen molar-refractivity contribution in [2.24, 2.45) is 4.99 Å². The first-order valence-corrected chi connectivity index (χ1v) is 9.74. The van der Waals surface area contributed by atoms with Crippen LogP contribution in [0.4, 0.5) is 4.39 Å². The summed E-state index contributed by atoms with van der Waals surface area (Å²) in [6, 6.07) is 10.4. The molecule has 3 N–H and O–H groups in total. The number of hydrogen-bond donors (Lipinski definition) is 3. The number of benzene rings is 2. The summed E-state index contributed by atoms with van der Waals surface area (Å²) in [6.07, 6.45) is 0.824. The number of hydrogen-bond acceptors (Lipinski definition) is 4. The van der Waals surface area contributed by atoms with Crippen molar-refractivity contribution >= 4 is 29.9 Å². The molecule has 0 spiro atoms. The van der Waals surface area contributed by atoms with Crippen LogP contribution in [0.3, 0.4) is 0 Å². The first-order chi connectivity index (χ1) is 14.0. The predicted molar refractivity (Wildman–Crippen MR) is 128 cm³/mol. The SMILES string of the molecule is CCNC(=NCc1ccc(O)c(F)c1)NCc1ccc(C)cc1OCCCOC.I. The van der Waals surface area contributed by atoms with Crippen LogP contribution in [0.1, 0.15) is 30.0 Å². The lowest BCUT2D eigenvalue weighted by molar-refractivity contribution is 0.171. The predicted octanol–water partition coefficient (Wildman–Crippen LogP) is 4.13. The van der Waals surface area contributed by atoms with E-state index in [2.05, 4.69) is 15.6 Å². The maximum atomic E-state index is 13.5. The molecule has 0 bridgehead atoms. The van der Waals surface area contributed by atoms with Crippen molar-refractivity contribution in [2.45, 2.75) is 33.4 Å². The molecule has 0 amide bonds. The first-order valence-electron chi connectivity index (χ1n) is 9.74. The number of phenolic OH excluding ortho intramolecular Hbond substituents is 1. The highest BCUT2D eigenvalue weighted by Crippen LogP contribution is 2.21. The number of nitrogens with zero attached hydrogens (tertiary/aromatic N) is 1. The third-order valence-electron chi connectivity index (χ3n) is 4.20. The van der Waals surface area contributed by atoms with Gasteiger partial charge in [-0.3, -0.25) is 0 Å². The van der Waals surface area contributed by atoms with E-state index >= 15 is 0 Å². The zero-order chi connectivity index (χ0) is 21.1. The Morgan fingerprint density at radius 2 is 1.93 bits per heavy atom. The smallest absolute Gasteiger partial charge is 0.191 e. The Balaban J connectivity index is 0.00000450. The minimum Gasteiger partial charge on any atom is -0.505 e. The number of methoxy groups -OCH3 is 1. The zero-order valence-corrected chi connectivity index (χ0v) is 20.0. The lowest BCUT2D eigenvalue weighted by Crippen LogP contribution is -2.36. The monoisotopic (exact) mass is 531 g/mol. The fourth-order valence-corrected chi connectivity index (χ4v) is 2.67. The van der Waals surface area contributed by atoms with Crippen molar-refractivity contribution in [1.29, 1.82) is 0 Å². The van der Waals surface area contributed by atoms with Crippen LogP contribution >= 0.6 is 24.0 Å². The van der Waals surface area contributed by atoms with Crippen LogP contribution in [-0.4, -0.2) is 37.9 Å². The molecule has 0 saturated carbocycles. The van der Waals surface area contributed by atoms with Crippen LogP contribution in [0, 0.1) is 12.7 Å². The summed E-state index contributed by atoms with van der Waals surface area (Å²) >= 11 is 0. The number of guanidine groups is 1. The number of aromatic hydroxyl groups is 1. The molecule has 0 aliphatic heterocycles. The third kappa shape index (κ3) is 8.74.